The number of amides is 4. The number of aryl methyl sites for hydroxylation is 4. The molecule has 590 valence electrons. The minimum Gasteiger partial charge on any atom is -0.486 e. The van der Waals surface area contributed by atoms with Crippen LogP contribution in [0.4, 0.5) is 13.2 Å². The number of oxazole rings is 2. The number of aromatic nitrogens is 3. The molecule has 0 aliphatic heterocycles. The number of rotatable bonds is 31. The molecular formula is C82H82Cl4F3N7O16. The lowest BCUT2D eigenvalue weighted by molar-refractivity contribution is -0.165. The molecule has 4 amide bonds. The van der Waals surface area contributed by atoms with Gasteiger partial charge in [0.25, 0.3) is 23.6 Å². The Balaban J connectivity index is 0.000000124. The van der Waals surface area contributed by atoms with E-state index < -0.39 is 17.5 Å². The first kappa shape index (κ1) is 79.2. The molecule has 0 saturated heterocycles. The maximum atomic E-state index is 13.4. The van der Waals surface area contributed by atoms with E-state index >= 15 is 0 Å². The second-order valence-corrected chi connectivity index (χ2v) is 34.0. The van der Waals surface area contributed by atoms with Gasteiger partial charge < -0.3 is 58.0 Å². The summed E-state index contributed by atoms with van der Waals surface area (Å²) in [7, 11) is 0. The van der Waals surface area contributed by atoms with Gasteiger partial charge in [0.05, 0.1) is 15.1 Å². The summed E-state index contributed by atoms with van der Waals surface area (Å²) in [5.41, 5.74) is 1.02. The van der Waals surface area contributed by atoms with Crippen LogP contribution in [-0.4, -0.2) is 110 Å². The molecule has 13 fully saturated rings. The maximum absolute atomic E-state index is 13.4. The molecule has 13 aliphatic rings. The van der Waals surface area contributed by atoms with E-state index in [0.29, 0.717) is 89.2 Å². The van der Waals surface area contributed by atoms with E-state index in [9.17, 15) is 51.5 Å². The highest BCUT2D eigenvalue weighted by molar-refractivity contribution is 6.32. The Bertz CT molecular complexity index is 4800. The Morgan fingerprint density at radius 2 is 0.866 bits per heavy atom. The molecule has 4 aromatic carbocycles. The molecule has 112 heavy (non-hydrogen) atoms. The zero-order valence-electron chi connectivity index (χ0n) is 61.9. The van der Waals surface area contributed by atoms with Crippen LogP contribution in [0, 0.1) is 53.0 Å². The number of carbonyl (C=O) groups is 8. The molecule has 30 heteroatoms. The van der Waals surface area contributed by atoms with E-state index in [1.165, 1.54) is 48.9 Å². The Kier molecular flexibility index (Phi) is 22.0. The summed E-state index contributed by atoms with van der Waals surface area (Å²) in [6.07, 6.45) is 17.7. The Morgan fingerprint density at radius 1 is 0.455 bits per heavy atom. The van der Waals surface area contributed by atoms with Crippen molar-refractivity contribution >= 4 is 93.2 Å². The number of ketones is 4. The van der Waals surface area contributed by atoms with Crippen LogP contribution in [0.15, 0.2) is 121 Å². The zero-order valence-corrected chi connectivity index (χ0v) is 64.9. The number of nitrogens with one attached hydrogen (secondary N) is 4. The first-order valence-corrected chi connectivity index (χ1v) is 38.7. The van der Waals surface area contributed by atoms with Crippen molar-refractivity contribution in [3.05, 3.63) is 193 Å². The number of hydrogen-bond donors (Lipinski definition) is 4. The number of furan rings is 1. The van der Waals surface area contributed by atoms with Crippen molar-refractivity contribution in [2.45, 2.75) is 184 Å². The number of ether oxygens (including phenoxy) is 4. The van der Waals surface area contributed by atoms with Gasteiger partial charge in [-0.1, -0.05) is 65.4 Å². The fourth-order valence-electron chi connectivity index (χ4n) is 18.1. The average molecular weight is 1620 g/mol. The molecule has 13 aliphatic carbocycles. The fourth-order valence-corrected chi connectivity index (χ4v) is 18.6. The van der Waals surface area contributed by atoms with Crippen molar-refractivity contribution in [1.29, 1.82) is 0 Å². The van der Waals surface area contributed by atoms with Crippen molar-refractivity contribution in [1.82, 2.24) is 36.4 Å². The highest BCUT2D eigenvalue weighted by Gasteiger charge is 2.71. The van der Waals surface area contributed by atoms with Crippen LogP contribution in [0.5, 0.6) is 23.0 Å². The standard InChI is InChI=1S/C22H23ClN2O4.C21H21ClFNO4.C20H20ClFN2O4.C19H18ClFN2O4/c1-13-6-16(4-5-17(13)23)28-8-15(26)7-21-10-22(11-21,12-21)25-19(27)18-9-29-20(24-18)14-2-3-14;1-2-13-4-6-18(28-13)17(25)8-20-10-21(11-20,12-20)24-19(26)9-27-14-3-5-15(22)16(23)7-14;1-2-12-6-16(24-28-12)17(25)7-19-9-20(10-19,11-19)23-18(26)8-27-13-3-4-14(21)15(22)5-13;1-11-22-15(6-26-11)16(24)5-18-8-19(9-18,10-18)23-17(25)7-27-12-2-3-13(20)14(21)4-12/h4-6,9,14H,2-3,7-8,10-12H2,1H3,(H,25,27);3-7H,2,8-12H2,1H3,(H,24,26);3-6H,2,7-11H2,1H3,(H,23,26);2-4,6H,5,7-10H2,1H3,(H,23,25). The van der Waals surface area contributed by atoms with E-state index in [1.807, 2.05) is 32.9 Å². The largest absolute Gasteiger partial charge is 0.486 e. The number of Topliss-reactive ketones (excluding diaryl/α,β-unsaturated/α-hetero) is 4. The van der Waals surface area contributed by atoms with Crippen LogP contribution >= 0.6 is 46.4 Å². The molecular weight excluding hydrogens is 1540 g/mol. The summed E-state index contributed by atoms with van der Waals surface area (Å²) in [6.45, 7) is 6.98. The average Bonchev–Trinajstić information content (AvgIpc) is 0.710. The Morgan fingerprint density at radius 3 is 1.28 bits per heavy atom. The van der Waals surface area contributed by atoms with Gasteiger partial charge in [-0.25, -0.2) is 23.1 Å². The van der Waals surface area contributed by atoms with Gasteiger partial charge >= 0.3 is 0 Å². The van der Waals surface area contributed by atoms with Gasteiger partial charge in [0.1, 0.15) is 82.5 Å². The number of halogens is 7. The second-order valence-electron chi connectivity index (χ2n) is 32.4. The molecule has 4 heterocycles. The number of hydrogen-bond acceptors (Lipinski definition) is 19. The van der Waals surface area contributed by atoms with Crippen LogP contribution in [0.25, 0.3) is 0 Å². The van der Waals surface area contributed by atoms with Crippen LogP contribution in [0.1, 0.15) is 206 Å². The molecule has 4 aromatic heterocycles. The van der Waals surface area contributed by atoms with Gasteiger partial charge in [-0.2, -0.15) is 0 Å². The van der Waals surface area contributed by atoms with Crippen LogP contribution in [0.3, 0.4) is 0 Å². The third kappa shape index (κ3) is 17.6. The normalized spacial score (nSPS) is 25.5. The zero-order chi connectivity index (χ0) is 79.3. The summed E-state index contributed by atoms with van der Waals surface area (Å²) in [6, 6.07) is 22.7. The Hall–Kier alpha value is -9.50. The van der Waals surface area contributed by atoms with E-state index in [1.54, 1.807) is 31.2 Å². The molecule has 8 bridgehead atoms. The molecule has 0 atom stereocenters. The van der Waals surface area contributed by atoms with Crippen LogP contribution in [0.2, 0.25) is 20.1 Å². The molecule has 21 rings (SSSR count). The number of benzene rings is 4. The third-order valence-corrected chi connectivity index (χ3v) is 24.1. The van der Waals surface area contributed by atoms with Gasteiger partial charge in [0.15, 0.2) is 66.2 Å². The number of carbonyl (C=O) groups excluding carboxylic acids is 8. The minimum absolute atomic E-state index is 0.00120. The van der Waals surface area contributed by atoms with Gasteiger partial charge in [-0.05, 0) is 191 Å². The summed E-state index contributed by atoms with van der Waals surface area (Å²) < 4.78 is 82.8. The van der Waals surface area contributed by atoms with E-state index in [0.717, 1.165) is 126 Å². The van der Waals surface area contributed by atoms with Crippen molar-refractivity contribution in [2.75, 3.05) is 26.4 Å². The summed E-state index contributed by atoms with van der Waals surface area (Å²) in [5, 5.41) is 16.6. The van der Waals surface area contributed by atoms with Gasteiger partial charge in [-0.3, -0.25) is 38.4 Å². The lowest BCUT2D eigenvalue weighted by Crippen LogP contribution is -2.75. The fraction of sp³-hybridized carbons (Fsp3) is 0.451. The smallest absolute Gasteiger partial charge is 0.273 e. The quantitative estimate of drug-likeness (QED) is 0.0293. The molecule has 4 N–H and O–H groups in total. The second kappa shape index (κ2) is 31.1. The first-order valence-electron chi connectivity index (χ1n) is 37.2. The van der Waals surface area contributed by atoms with Crippen molar-refractivity contribution < 1.29 is 88.2 Å². The van der Waals surface area contributed by atoms with E-state index in [2.05, 4.69) is 36.4 Å². The maximum Gasteiger partial charge on any atom is 0.273 e. The van der Waals surface area contributed by atoms with Crippen molar-refractivity contribution in [3.63, 3.8) is 0 Å². The molecule has 13 saturated carbocycles. The summed E-state index contributed by atoms with van der Waals surface area (Å²) in [5.74, 6) is 2.17. The highest BCUT2D eigenvalue weighted by atomic mass is 35.5. The SMILES string of the molecule is CCc1cc(C(=O)CC23CC(NC(=O)COc4ccc(Cl)c(F)c4)(C2)C3)no1.CCc1ccc(C(=O)CC23CC(NC(=O)COc4ccc(Cl)c(F)c4)(C2)C3)o1.Cc1cc(OCC(=O)CC23CC(NC(=O)c4coc(C5CC5)n4)(C2)C3)ccc1Cl.Cc1nc(C(=O)CC23CC(NC(=O)COc4ccc(Cl)c(F)c4)(C2)C3)co1. The molecule has 0 unspecified atom stereocenters. The lowest BCUT2D eigenvalue weighted by Gasteiger charge is -2.70. The highest BCUT2D eigenvalue weighted by Crippen LogP contribution is 2.72. The van der Waals surface area contributed by atoms with Crippen molar-refractivity contribution in [2.24, 2.45) is 21.7 Å². The van der Waals surface area contributed by atoms with Crippen molar-refractivity contribution in [3.8, 4) is 23.0 Å². The predicted molar refractivity (Wildman–Crippen MR) is 401 cm³/mol. The molecule has 0 spiro atoms. The van der Waals surface area contributed by atoms with Gasteiger partial charge in [0.2, 0.25) is 0 Å². The molecule has 8 aromatic rings. The first-order chi connectivity index (χ1) is 53.3. The third-order valence-electron chi connectivity index (χ3n) is 22.7. The van der Waals surface area contributed by atoms with Gasteiger partial charge in [0, 0.05) is 103 Å². The van der Waals surface area contributed by atoms with E-state index in [4.69, 9.17) is 83.1 Å². The summed E-state index contributed by atoms with van der Waals surface area (Å²) in [4.78, 5) is 107. The molecule has 23 nitrogen and oxygen atoms in total. The number of nitrogens with zero attached hydrogens (tertiary/aromatic N) is 3. The topological polar surface area (TPSA) is 313 Å². The van der Waals surface area contributed by atoms with Crippen LogP contribution < -0.4 is 40.2 Å². The van der Waals surface area contributed by atoms with E-state index in [-0.39, 0.29) is 149 Å². The lowest BCUT2D eigenvalue weighted by atomic mass is 9.38. The summed E-state index contributed by atoms with van der Waals surface area (Å²) >= 11 is 22.9. The Labute approximate surface area is 662 Å². The molecule has 0 radical (unpaired) electrons. The monoisotopic (exact) mass is 1620 g/mol. The minimum atomic E-state index is -0.595. The predicted octanol–water partition coefficient (Wildman–Crippen LogP) is 15.7. The van der Waals surface area contributed by atoms with Gasteiger partial charge in [-0.15, -0.1) is 0 Å². The van der Waals surface area contributed by atoms with Crippen LogP contribution in [-0.2, 0) is 32.0 Å².